The van der Waals surface area contributed by atoms with Gasteiger partial charge in [-0.2, -0.15) is 0 Å². The fourth-order valence-electron chi connectivity index (χ4n) is 2.45. The van der Waals surface area contributed by atoms with E-state index in [1.807, 2.05) is 12.1 Å². The molecule has 0 saturated heterocycles. The summed E-state index contributed by atoms with van der Waals surface area (Å²) in [5, 5.41) is 9.50. The highest BCUT2D eigenvalue weighted by Gasteiger charge is 2.35. The molecule has 0 bridgehead atoms. The standard InChI is InChI=1S/C13H17NO2/c14-9-13(6-4-11(15)5-7-13)10-2-1-3-12(16)8-10/h1-3,8,16H,4-7,9,14H2. The number of Topliss-reactive ketones (excluding diaryl/α,β-unsaturated/α-hetero) is 1. The number of aromatic hydroxyl groups is 1. The van der Waals surface area contributed by atoms with Gasteiger partial charge in [-0.15, -0.1) is 0 Å². The zero-order valence-corrected chi connectivity index (χ0v) is 9.28. The fraction of sp³-hybridized carbons (Fsp3) is 0.462. The van der Waals surface area contributed by atoms with E-state index in [9.17, 15) is 9.90 Å². The first-order valence-electron chi connectivity index (χ1n) is 5.68. The van der Waals surface area contributed by atoms with Crippen LogP contribution in [0.4, 0.5) is 0 Å². The van der Waals surface area contributed by atoms with E-state index in [-0.39, 0.29) is 11.2 Å². The van der Waals surface area contributed by atoms with E-state index in [1.165, 1.54) is 0 Å². The van der Waals surface area contributed by atoms with Crippen LogP contribution in [0.1, 0.15) is 31.2 Å². The molecule has 0 atom stereocenters. The van der Waals surface area contributed by atoms with Crippen LogP contribution in [0.3, 0.4) is 0 Å². The molecule has 3 heteroatoms. The zero-order chi connectivity index (χ0) is 11.6. The van der Waals surface area contributed by atoms with Gasteiger partial charge in [0.1, 0.15) is 11.5 Å². The van der Waals surface area contributed by atoms with Crippen LogP contribution in [0.2, 0.25) is 0 Å². The number of phenolic OH excluding ortho intramolecular Hbond substituents is 1. The highest BCUT2D eigenvalue weighted by Crippen LogP contribution is 2.38. The molecule has 1 fully saturated rings. The molecule has 86 valence electrons. The Morgan fingerprint density at radius 3 is 2.56 bits per heavy atom. The van der Waals surface area contributed by atoms with Gasteiger partial charge in [0.25, 0.3) is 0 Å². The van der Waals surface area contributed by atoms with Crippen LogP contribution in [-0.2, 0) is 10.2 Å². The molecule has 0 aromatic heterocycles. The molecule has 0 radical (unpaired) electrons. The second kappa shape index (κ2) is 4.26. The number of phenols is 1. The minimum absolute atomic E-state index is 0.118. The molecule has 1 saturated carbocycles. The zero-order valence-electron chi connectivity index (χ0n) is 9.28. The van der Waals surface area contributed by atoms with E-state index >= 15 is 0 Å². The molecule has 16 heavy (non-hydrogen) atoms. The summed E-state index contributed by atoms with van der Waals surface area (Å²) in [5.41, 5.74) is 6.81. The molecule has 0 unspecified atom stereocenters. The predicted octanol–water partition coefficient (Wildman–Crippen LogP) is 1.73. The van der Waals surface area contributed by atoms with E-state index in [0.29, 0.717) is 25.2 Å². The number of carbonyl (C=O) groups is 1. The van der Waals surface area contributed by atoms with Gasteiger partial charge >= 0.3 is 0 Å². The minimum atomic E-state index is -0.118. The van der Waals surface area contributed by atoms with Crippen LogP contribution in [-0.4, -0.2) is 17.4 Å². The summed E-state index contributed by atoms with van der Waals surface area (Å²) in [7, 11) is 0. The minimum Gasteiger partial charge on any atom is -0.508 e. The van der Waals surface area contributed by atoms with Gasteiger partial charge in [0.05, 0.1) is 0 Å². The number of hydrogen-bond acceptors (Lipinski definition) is 3. The second-order valence-electron chi connectivity index (χ2n) is 4.57. The second-order valence-corrected chi connectivity index (χ2v) is 4.57. The van der Waals surface area contributed by atoms with Crippen molar-refractivity contribution in [1.29, 1.82) is 0 Å². The van der Waals surface area contributed by atoms with Crippen molar-refractivity contribution in [3.63, 3.8) is 0 Å². The normalized spacial score (nSPS) is 19.7. The summed E-state index contributed by atoms with van der Waals surface area (Å²) in [4.78, 5) is 11.3. The largest absolute Gasteiger partial charge is 0.508 e. The van der Waals surface area contributed by atoms with Crippen molar-refractivity contribution in [2.45, 2.75) is 31.1 Å². The molecule has 1 aromatic carbocycles. The number of nitrogens with two attached hydrogens (primary N) is 1. The van der Waals surface area contributed by atoms with Gasteiger partial charge in [0.15, 0.2) is 0 Å². The summed E-state index contributed by atoms with van der Waals surface area (Å²) < 4.78 is 0. The first-order valence-corrected chi connectivity index (χ1v) is 5.68. The lowest BCUT2D eigenvalue weighted by Gasteiger charge is -2.36. The maximum absolute atomic E-state index is 11.3. The van der Waals surface area contributed by atoms with Crippen LogP contribution in [0.5, 0.6) is 5.75 Å². The number of ketones is 1. The lowest BCUT2D eigenvalue weighted by atomic mass is 9.69. The molecule has 0 heterocycles. The Morgan fingerprint density at radius 2 is 2.00 bits per heavy atom. The lowest BCUT2D eigenvalue weighted by molar-refractivity contribution is -0.121. The van der Waals surface area contributed by atoms with Crippen molar-refractivity contribution in [3.05, 3.63) is 29.8 Å². The van der Waals surface area contributed by atoms with Gasteiger partial charge in [-0.25, -0.2) is 0 Å². The Bertz CT molecular complexity index is 391. The van der Waals surface area contributed by atoms with Crippen LogP contribution < -0.4 is 5.73 Å². The van der Waals surface area contributed by atoms with Gasteiger partial charge in [-0.3, -0.25) is 4.79 Å². The molecular formula is C13H17NO2. The molecule has 1 aliphatic rings. The first-order chi connectivity index (χ1) is 7.66. The van der Waals surface area contributed by atoms with Gasteiger partial charge in [0.2, 0.25) is 0 Å². The molecule has 0 aliphatic heterocycles. The Hall–Kier alpha value is -1.35. The van der Waals surface area contributed by atoms with Crippen LogP contribution in [0.15, 0.2) is 24.3 Å². The van der Waals surface area contributed by atoms with Gasteiger partial charge < -0.3 is 10.8 Å². The molecule has 1 aliphatic carbocycles. The van der Waals surface area contributed by atoms with Crippen LogP contribution in [0, 0.1) is 0 Å². The third-order valence-electron chi connectivity index (χ3n) is 3.61. The Labute approximate surface area is 95.3 Å². The summed E-state index contributed by atoms with van der Waals surface area (Å²) in [6.45, 7) is 0.531. The number of carbonyl (C=O) groups excluding carboxylic acids is 1. The Balaban J connectivity index is 2.31. The maximum Gasteiger partial charge on any atom is 0.132 e. The van der Waals surface area contributed by atoms with Gasteiger partial charge in [-0.1, -0.05) is 12.1 Å². The van der Waals surface area contributed by atoms with Crippen molar-refractivity contribution in [2.24, 2.45) is 5.73 Å². The number of rotatable bonds is 2. The average Bonchev–Trinajstić information content (AvgIpc) is 2.31. The third-order valence-corrected chi connectivity index (χ3v) is 3.61. The molecule has 3 nitrogen and oxygen atoms in total. The molecule has 0 spiro atoms. The smallest absolute Gasteiger partial charge is 0.132 e. The molecular weight excluding hydrogens is 202 g/mol. The van der Waals surface area contributed by atoms with Gasteiger partial charge in [-0.05, 0) is 30.5 Å². The van der Waals surface area contributed by atoms with Crippen LogP contribution >= 0.6 is 0 Å². The lowest BCUT2D eigenvalue weighted by Crippen LogP contribution is -2.39. The monoisotopic (exact) mass is 219 g/mol. The van der Waals surface area contributed by atoms with Crippen molar-refractivity contribution in [2.75, 3.05) is 6.54 Å². The SMILES string of the molecule is NCC1(c2cccc(O)c2)CCC(=O)CC1. The van der Waals surface area contributed by atoms with E-state index in [0.717, 1.165) is 18.4 Å². The first kappa shape index (κ1) is 11.1. The summed E-state index contributed by atoms with van der Waals surface area (Å²) in [6, 6.07) is 7.24. The van der Waals surface area contributed by atoms with E-state index in [2.05, 4.69) is 0 Å². The average molecular weight is 219 g/mol. The van der Waals surface area contributed by atoms with Crippen molar-refractivity contribution in [3.8, 4) is 5.75 Å². The quantitative estimate of drug-likeness (QED) is 0.796. The van der Waals surface area contributed by atoms with Crippen molar-refractivity contribution < 1.29 is 9.90 Å². The number of hydrogen-bond donors (Lipinski definition) is 2. The summed E-state index contributed by atoms with van der Waals surface area (Å²) in [6.07, 6.45) is 2.80. The van der Waals surface area contributed by atoms with Crippen molar-refractivity contribution in [1.82, 2.24) is 0 Å². The van der Waals surface area contributed by atoms with Crippen LogP contribution in [0.25, 0.3) is 0 Å². The predicted molar refractivity (Wildman–Crippen MR) is 62.3 cm³/mol. The van der Waals surface area contributed by atoms with E-state index in [1.54, 1.807) is 12.1 Å². The molecule has 0 amide bonds. The molecule has 2 rings (SSSR count). The number of benzene rings is 1. The topological polar surface area (TPSA) is 63.3 Å². The molecule has 1 aromatic rings. The van der Waals surface area contributed by atoms with E-state index in [4.69, 9.17) is 5.73 Å². The molecule has 3 N–H and O–H groups in total. The Kier molecular flexibility index (Phi) is 2.97. The summed E-state index contributed by atoms with van der Waals surface area (Å²) >= 11 is 0. The maximum atomic E-state index is 11.3. The van der Waals surface area contributed by atoms with Crippen molar-refractivity contribution >= 4 is 5.78 Å². The fourth-order valence-corrected chi connectivity index (χ4v) is 2.45. The summed E-state index contributed by atoms with van der Waals surface area (Å²) in [5.74, 6) is 0.589. The third kappa shape index (κ3) is 1.95. The highest BCUT2D eigenvalue weighted by molar-refractivity contribution is 5.79. The highest BCUT2D eigenvalue weighted by atomic mass is 16.3. The Morgan fingerprint density at radius 1 is 1.31 bits per heavy atom. The van der Waals surface area contributed by atoms with E-state index < -0.39 is 0 Å². The van der Waals surface area contributed by atoms with Gasteiger partial charge in [0, 0.05) is 24.8 Å².